The molecule has 0 bridgehead atoms. The van der Waals surface area contributed by atoms with Crippen molar-refractivity contribution in [3.8, 4) is 23.0 Å². The summed E-state index contributed by atoms with van der Waals surface area (Å²) in [4.78, 5) is 16.9. The molecule has 7 nitrogen and oxygen atoms in total. The minimum Gasteiger partial charge on any atom is -0.454 e. The molecule has 0 aliphatic carbocycles. The zero-order chi connectivity index (χ0) is 20.1. The van der Waals surface area contributed by atoms with Gasteiger partial charge in [-0.25, -0.2) is 4.79 Å². The second-order valence-electron chi connectivity index (χ2n) is 7.17. The van der Waals surface area contributed by atoms with Crippen LogP contribution in [0.1, 0.15) is 39.2 Å². The van der Waals surface area contributed by atoms with Gasteiger partial charge in [-0.1, -0.05) is 28.7 Å². The number of hydrogen-bond donors (Lipinski definition) is 0. The number of cyclic esters (lactones) is 1. The summed E-state index contributed by atoms with van der Waals surface area (Å²) in [5.74, 6) is 2.24. The summed E-state index contributed by atoms with van der Waals surface area (Å²) >= 11 is 2.15. The van der Waals surface area contributed by atoms with Crippen LogP contribution in [0.3, 0.4) is 0 Å². The Morgan fingerprint density at radius 3 is 2.52 bits per heavy atom. The van der Waals surface area contributed by atoms with Crippen molar-refractivity contribution in [2.45, 2.75) is 18.6 Å². The summed E-state index contributed by atoms with van der Waals surface area (Å²) in [6.07, 6.45) is 0.500. The van der Waals surface area contributed by atoms with Crippen molar-refractivity contribution < 1.29 is 28.5 Å². The molecule has 0 fully saturated rings. The molecule has 8 heteroatoms. The monoisotopic (exact) mass is 509 g/mol. The van der Waals surface area contributed by atoms with Crippen molar-refractivity contribution in [3.63, 3.8) is 0 Å². The lowest BCUT2D eigenvalue weighted by Crippen LogP contribution is -2.36. The lowest BCUT2D eigenvalue weighted by Gasteiger charge is -2.37. The van der Waals surface area contributed by atoms with Gasteiger partial charge < -0.3 is 23.7 Å². The Morgan fingerprint density at radius 1 is 0.966 bits per heavy atom. The van der Waals surface area contributed by atoms with Crippen molar-refractivity contribution >= 4 is 28.6 Å². The second-order valence-corrected chi connectivity index (χ2v) is 7.17. The van der Waals surface area contributed by atoms with E-state index in [2.05, 4.69) is 40.6 Å². The van der Waals surface area contributed by atoms with Crippen LogP contribution in [0.5, 0.6) is 23.0 Å². The number of benzene rings is 2. The predicted molar refractivity (Wildman–Crippen MR) is 112 cm³/mol. The van der Waals surface area contributed by atoms with Gasteiger partial charge >= 0.3 is 5.97 Å². The molecule has 0 saturated heterocycles. The molecule has 0 unspecified atom stereocenters. The van der Waals surface area contributed by atoms with Crippen molar-refractivity contribution in [2.75, 3.05) is 32.1 Å². The number of halogens is 1. The SMILES string of the molecule is CI.CN1CCc2cc3c(cc2[C@H]1[C@@H]1OC(=O)c2c1ccc1c2OCO1)OCO3. The van der Waals surface area contributed by atoms with Gasteiger partial charge in [-0.15, -0.1) is 0 Å². The maximum atomic E-state index is 12.7. The molecule has 0 N–H and O–H groups in total. The maximum absolute atomic E-state index is 12.7. The van der Waals surface area contributed by atoms with E-state index < -0.39 is 6.10 Å². The third kappa shape index (κ3) is 2.83. The van der Waals surface area contributed by atoms with Crippen LogP contribution in [0.15, 0.2) is 24.3 Å². The molecule has 6 rings (SSSR count). The van der Waals surface area contributed by atoms with Gasteiger partial charge in [0.2, 0.25) is 13.6 Å². The standard InChI is InChI=1S/C20H17NO6.CH3I/c1-21-5-4-10-6-14-15(25-8-24-14)7-12(10)17(21)18-11-2-3-13-19(26-9-23-13)16(11)20(22)27-18;1-2/h2-3,6-7,17-18H,4-5,8-9H2,1H3;1H3/t17-,18+;/m0./s1. The summed E-state index contributed by atoms with van der Waals surface area (Å²) in [6, 6.07) is 7.73. The Morgan fingerprint density at radius 2 is 1.69 bits per heavy atom. The fraction of sp³-hybridized carbons (Fsp3) is 0.381. The molecule has 0 saturated carbocycles. The van der Waals surface area contributed by atoms with Gasteiger partial charge in [-0.2, -0.15) is 0 Å². The summed E-state index contributed by atoms with van der Waals surface area (Å²) in [7, 11) is 2.05. The second kappa shape index (κ2) is 7.24. The molecule has 0 aromatic heterocycles. The molecule has 4 aliphatic heterocycles. The Bertz CT molecular complexity index is 994. The molecule has 4 heterocycles. The summed E-state index contributed by atoms with van der Waals surface area (Å²) in [5, 5.41) is 0. The van der Waals surface area contributed by atoms with Crippen LogP contribution >= 0.6 is 22.6 Å². The minimum atomic E-state index is -0.411. The van der Waals surface area contributed by atoms with Crippen LogP contribution < -0.4 is 18.9 Å². The van der Waals surface area contributed by atoms with Gasteiger partial charge in [-0.05, 0) is 47.7 Å². The van der Waals surface area contributed by atoms with Crippen LogP contribution in [0, 0.1) is 0 Å². The van der Waals surface area contributed by atoms with Gasteiger partial charge in [0, 0.05) is 12.1 Å². The van der Waals surface area contributed by atoms with Crippen LogP contribution in [-0.4, -0.2) is 43.0 Å². The number of carbonyl (C=O) groups is 1. The number of carbonyl (C=O) groups excluding carboxylic acids is 1. The molecular weight excluding hydrogens is 489 g/mol. The average molecular weight is 509 g/mol. The molecule has 0 radical (unpaired) electrons. The third-order valence-corrected chi connectivity index (χ3v) is 5.76. The first-order chi connectivity index (χ1) is 14.2. The zero-order valence-electron chi connectivity index (χ0n) is 16.1. The lowest BCUT2D eigenvalue weighted by atomic mass is 9.86. The summed E-state index contributed by atoms with van der Waals surface area (Å²) in [5.41, 5.74) is 3.63. The number of rotatable bonds is 1. The highest BCUT2D eigenvalue weighted by molar-refractivity contribution is 14.1. The van der Waals surface area contributed by atoms with E-state index in [9.17, 15) is 4.79 Å². The highest BCUT2D eigenvalue weighted by Gasteiger charge is 2.45. The van der Waals surface area contributed by atoms with Crippen LogP contribution in [-0.2, 0) is 11.2 Å². The van der Waals surface area contributed by atoms with Crippen LogP contribution in [0.4, 0.5) is 0 Å². The molecule has 2 aromatic rings. The number of hydrogen-bond acceptors (Lipinski definition) is 7. The van der Waals surface area contributed by atoms with Crippen molar-refractivity contribution in [1.29, 1.82) is 0 Å². The first-order valence-electron chi connectivity index (χ1n) is 9.34. The van der Waals surface area contributed by atoms with Crippen LogP contribution in [0.2, 0.25) is 0 Å². The van der Waals surface area contributed by atoms with Gasteiger partial charge in [0.05, 0.1) is 6.04 Å². The van der Waals surface area contributed by atoms with E-state index in [1.54, 1.807) is 0 Å². The Labute approximate surface area is 182 Å². The largest absolute Gasteiger partial charge is 0.454 e. The smallest absolute Gasteiger partial charge is 0.343 e. The highest BCUT2D eigenvalue weighted by Crippen LogP contribution is 2.51. The van der Waals surface area contributed by atoms with E-state index in [1.165, 1.54) is 5.56 Å². The number of ether oxygens (including phenoxy) is 5. The number of alkyl halides is 1. The van der Waals surface area contributed by atoms with E-state index in [-0.39, 0.29) is 25.6 Å². The third-order valence-electron chi connectivity index (χ3n) is 5.76. The van der Waals surface area contributed by atoms with E-state index >= 15 is 0 Å². The quantitative estimate of drug-likeness (QED) is 0.331. The van der Waals surface area contributed by atoms with Gasteiger partial charge in [-0.3, -0.25) is 4.90 Å². The lowest BCUT2D eigenvalue weighted by molar-refractivity contribution is 0.00932. The summed E-state index contributed by atoms with van der Waals surface area (Å²) in [6.45, 7) is 1.23. The molecule has 0 amide bonds. The van der Waals surface area contributed by atoms with E-state index in [1.807, 2.05) is 23.1 Å². The predicted octanol–water partition coefficient (Wildman–Crippen LogP) is 3.64. The van der Waals surface area contributed by atoms with E-state index in [0.29, 0.717) is 17.1 Å². The van der Waals surface area contributed by atoms with Crippen molar-refractivity contribution in [2.24, 2.45) is 0 Å². The van der Waals surface area contributed by atoms with E-state index in [0.717, 1.165) is 35.6 Å². The first kappa shape index (κ1) is 18.8. The van der Waals surface area contributed by atoms with Crippen molar-refractivity contribution in [1.82, 2.24) is 4.90 Å². The molecule has 0 spiro atoms. The number of fused-ring (bicyclic) bond motifs is 5. The van der Waals surface area contributed by atoms with Gasteiger partial charge in [0.15, 0.2) is 23.0 Å². The first-order valence-corrected chi connectivity index (χ1v) is 11.5. The van der Waals surface area contributed by atoms with Gasteiger partial charge in [0.25, 0.3) is 0 Å². The molecular formula is C21H20INO6. The molecule has 2 aromatic carbocycles. The number of nitrogens with zero attached hydrogens (tertiary/aromatic N) is 1. The fourth-order valence-electron chi connectivity index (χ4n) is 4.47. The topological polar surface area (TPSA) is 66.5 Å². The van der Waals surface area contributed by atoms with Gasteiger partial charge in [0.1, 0.15) is 11.7 Å². The maximum Gasteiger partial charge on any atom is 0.343 e. The minimum absolute atomic E-state index is 0.103. The number of esters is 1. The molecule has 2 atom stereocenters. The summed E-state index contributed by atoms with van der Waals surface area (Å²) < 4.78 is 27.9. The Hall–Kier alpha value is -2.20. The normalized spacial score (nSPS) is 23.1. The zero-order valence-corrected chi connectivity index (χ0v) is 18.2. The highest BCUT2D eigenvalue weighted by atomic mass is 127. The van der Waals surface area contributed by atoms with Crippen LogP contribution in [0.25, 0.3) is 0 Å². The molecule has 4 aliphatic rings. The van der Waals surface area contributed by atoms with Crippen molar-refractivity contribution in [3.05, 3.63) is 46.5 Å². The fourth-order valence-corrected chi connectivity index (χ4v) is 4.47. The number of likely N-dealkylation sites (N-methyl/N-ethyl adjacent to an activating group) is 1. The molecule has 29 heavy (non-hydrogen) atoms. The van der Waals surface area contributed by atoms with E-state index in [4.69, 9.17) is 23.7 Å². The Kier molecular flexibility index (Phi) is 4.70. The average Bonchev–Trinajstić information content (AvgIpc) is 3.46. The molecule has 152 valence electrons. The Balaban J connectivity index is 0.000000882.